The van der Waals surface area contributed by atoms with E-state index in [9.17, 15) is 4.79 Å². The molecule has 4 heterocycles. The fourth-order valence-electron chi connectivity index (χ4n) is 6.52. The summed E-state index contributed by atoms with van der Waals surface area (Å²) in [4.78, 5) is 28.8. The second kappa shape index (κ2) is 8.56. The minimum absolute atomic E-state index is 0.335. The van der Waals surface area contributed by atoms with E-state index in [-0.39, 0.29) is 0 Å². The van der Waals surface area contributed by atoms with Crippen molar-refractivity contribution in [3.05, 3.63) is 48.0 Å². The van der Waals surface area contributed by atoms with Gasteiger partial charge in [0.15, 0.2) is 0 Å². The maximum Gasteiger partial charge on any atom is 0.237 e. The summed E-state index contributed by atoms with van der Waals surface area (Å²) in [6.07, 6.45) is 14.4. The average Bonchev–Trinajstić information content (AvgIpc) is 3.46. The molecule has 6 rings (SSSR count). The van der Waals surface area contributed by atoms with Crippen LogP contribution in [0.2, 0.25) is 0 Å². The summed E-state index contributed by atoms with van der Waals surface area (Å²) in [5, 5.41) is 0. The van der Waals surface area contributed by atoms with Gasteiger partial charge >= 0.3 is 0 Å². The van der Waals surface area contributed by atoms with Crippen molar-refractivity contribution in [2.45, 2.75) is 69.6 Å². The smallest absolute Gasteiger partial charge is 0.237 e. The van der Waals surface area contributed by atoms with Crippen LogP contribution in [0.5, 0.6) is 0 Å². The third-order valence-electron chi connectivity index (χ3n) is 8.20. The normalized spacial score (nSPS) is 26.4. The highest BCUT2D eigenvalue weighted by molar-refractivity contribution is 5.79. The highest BCUT2D eigenvalue weighted by Gasteiger charge is 2.47. The van der Waals surface area contributed by atoms with Crippen molar-refractivity contribution in [3.8, 4) is 11.1 Å². The first-order valence-electron chi connectivity index (χ1n) is 12.4. The number of piperazine rings is 1. The second-order valence-electron chi connectivity index (χ2n) is 10.1. The molecule has 32 heavy (non-hydrogen) atoms. The molecule has 0 spiro atoms. The first kappa shape index (κ1) is 20.3. The highest BCUT2D eigenvalue weighted by Crippen LogP contribution is 2.36. The number of hydrogen-bond acceptors (Lipinski definition) is 5. The summed E-state index contributed by atoms with van der Waals surface area (Å²) in [6, 6.07) is 8.47. The minimum atomic E-state index is 0.335. The van der Waals surface area contributed by atoms with E-state index in [4.69, 9.17) is 0 Å². The predicted molar refractivity (Wildman–Crippen MR) is 124 cm³/mol. The Hall–Kier alpha value is -2.31. The Balaban J connectivity index is 1.06. The van der Waals surface area contributed by atoms with Gasteiger partial charge in [0.05, 0.1) is 6.54 Å². The molecule has 1 aromatic heterocycles. The molecule has 1 aromatic carbocycles. The third-order valence-corrected chi connectivity index (χ3v) is 8.20. The topological polar surface area (TPSA) is 52.6 Å². The molecular formula is C26H33N5O. The summed E-state index contributed by atoms with van der Waals surface area (Å²) in [5.74, 6) is 0.335. The molecule has 0 radical (unpaired) electrons. The van der Waals surface area contributed by atoms with Crippen LogP contribution in [0.3, 0.4) is 0 Å². The van der Waals surface area contributed by atoms with Gasteiger partial charge in [0, 0.05) is 62.3 Å². The molecule has 1 saturated carbocycles. The lowest BCUT2D eigenvalue weighted by atomic mass is 9.93. The molecule has 6 nitrogen and oxygen atoms in total. The molecule has 3 fully saturated rings. The standard InChI is InChI=1S/C26H33N5O/c32-26(31-16-24-11-25(31)15-30(24)23-4-2-1-3-5-23)17-29-9-8-20-10-19(6-7-21(20)14-29)22-12-27-18-28-13-22/h6-7,10,12-13,18,23-25H,1-5,8-9,11,14-17H2/t24-,25?/m0/s1. The van der Waals surface area contributed by atoms with Crippen LogP contribution in [-0.4, -0.2) is 74.9 Å². The molecule has 2 aromatic rings. The molecule has 2 bridgehead atoms. The Kier molecular flexibility index (Phi) is 5.43. The quantitative estimate of drug-likeness (QED) is 0.745. The Bertz CT molecular complexity index is 973. The molecule has 168 valence electrons. The van der Waals surface area contributed by atoms with E-state index in [1.807, 2.05) is 12.4 Å². The lowest BCUT2D eigenvalue weighted by Gasteiger charge is -2.41. The van der Waals surface area contributed by atoms with Crippen molar-refractivity contribution < 1.29 is 4.79 Å². The number of likely N-dealkylation sites (tertiary alicyclic amines) is 2. The van der Waals surface area contributed by atoms with Crippen LogP contribution in [0.25, 0.3) is 11.1 Å². The summed E-state index contributed by atoms with van der Waals surface area (Å²) in [6.45, 7) is 4.43. The fraction of sp³-hybridized carbons (Fsp3) is 0.577. The number of carbonyl (C=O) groups is 1. The number of nitrogens with zero attached hydrogens (tertiary/aromatic N) is 5. The molecule has 3 aliphatic heterocycles. The van der Waals surface area contributed by atoms with Gasteiger partial charge in [-0.3, -0.25) is 14.6 Å². The Morgan fingerprint density at radius 2 is 1.78 bits per heavy atom. The van der Waals surface area contributed by atoms with E-state index in [1.54, 1.807) is 6.33 Å². The van der Waals surface area contributed by atoms with Gasteiger partial charge in [-0.1, -0.05) is 37.5 Å². The van der Waals surface area contributed by atoms with Crippen molar-refractivity contribution in [2.24, 2.45) is 0 Å². The van der Waals surface area contributed by atoms with E-state index in [1.165, 1.54) is 55.2 Å². The molecule has 1 unspecified atom stereocenters. The van der Waals surface area contributed by atoms with Gasteiger partial charge in [-0.2, -0.15) is 0 Å². The monoisotopic (exact) mass is 431 g/mol. The fourth-order valence-corrected chi connectivity index (χ4v) is 6.52. The van der Waals surface area contributed by atoms with Gasteiger partial charge in [-0.25, -0.2) is 9.97 Å². The molecule has 1 amide bonds. The molecule has 2 atom stereocenters. The number of rotatable bonds is 4. The van der Waals surface area contributed by atoms with Gasteiger partial charge in [0.2, 0.25) is 5.91 Å². The van der Waals surface area contributed by atoms with Gasteiger partial charge in [-0.05, 0) is 42.4 Å². The molecule has 6 heteroatoms. The van der Waals surface area contributed by atoms with Crippen molar-refractivity contribution in [1.82, 2.24) is 24.7 Å². The van der Waals surface area contributed by atoms with Crippen LogP contribution in [0.1, 0.15) is 49.7 Å². The van der Waals surface area contributed by atoms with Crippen LogP contribution in [0.15, 0.2) is 36.9 Å². The zero-order valence-electron chi connectivity index (χ0n) is 18.8. The zero-order valence-corrected chi connectivity index (χ0v) is 18.8. The van der Waals surface area contributed by atoms with Crippen molar-refractivity contribution in [1.29, 1.82) is 0 Å². The first-order chi connectivity index (χ1) is 15.7. The minimum Gasteiger partial charge on any atom is -0.336 e. The first-order valence-corrected chi connectivity index (χ1v) is 12.4. The predicted octanol–water partition coefficient (Wildman–Crippen LogP) is 3.12. The summed E-state index contributed by atoms with van der Waals surface area (Å²) in [7, 11) is 0. The molecular weight excluding hydrogens is 398 g/mol. The lowest BCUT2D eigenvalue weighted by molar-refractivity contribution is -0.135. The number of amides is 1. The van der Waals surface area contributed by atoms with E-state index in [2.05, 4.69) is 42.9 Å². The number of benzene rings is 1. The Morgan fingerprint density at radius 1 is 0.938 bits per heavy atom. The van der Waals surface area contributed by atoms with Gasteiger partial charge < -0.3 is 4.90 Å². The maximum absolute atomic E-state index is 13.2. The SMILES string of the molecule is O=C(CN1CCc2cc(-c3cncnc3)ccc2C1)N1C[C@@H]2CC1CN2C1CCCCC1. The van der Waals surface area contributed by atoms with Crippen molar-refractivity contribution >= 4 is 5.91 Å². The van der Waals surface area contributed by atoms with Crippen LogP contribution >= 0.6 is 0 Å². The van der Waals surface area contributed by atoms with Crippen LogP contribution in [-0.2, 0) is 17.8 Å². The molecule has 2 saturated heterocycles. The second-order valence-corrected chi connectivity index (χ2v) is 10.1. The zero-order chi connectivity index (χ0) is 21.5. The number of fused-ring (bicyclic) bond motifs is 3. The molecule has 1 aliphatic carbocycles. The van der Waals surface area contributed by atoms with Crippen LogP contribution < -0.4 is 0 Å². The van der Waals surface area contributed by atoms with E-state index < -0.39 is 0 Å². The number of aromatic nitrogens is 2. The van der Waals surface area contributed by atoms with Gasteiger partial charge in [-0.15, -0.1) is 0 Å². The maximum atomic E-state index is 13.2. The van der Waals surface area contributed by atoms with Crippen molar-refractivity contribution in [2.75, 3.05) is 26.2 Å². The van der Waals surface area contributed by atoms with Gasteiger partial charge in [0.1, 0.15) is 6.33 Å². The number of hydrogen-bond donors (Lipinski definition) is 0. The van der Waals surface area contributed by atoms with E-state index in [0.29, 0.717) is 24.5 Å². The molecule has 0 N–H and O–H groups in total. The Labute approximate surface area is 190 Å². The van der Waals surface area contributed by atoms with E-state index in [0.717, 1.165) is 44.2 Å². The van der Waals surface area contributed by atoms with Crippen molar-refractivity contribution in [3.63, 3.8) is 0 Å². The van der Waals surface area contributed by atoms with Crippen LogP contribution in [0.4, 0.5) is 0 Å². The summed E-state index contributed by atoms with van der Waals surface area (Å²) >= 11 is 0. The largest absolute Gasteiger partial charge is 0.336 e. The summed E-state index contributed by atoms with van der Waals surface area (Å²) < 4.78 is 0. The third kappa shape index (κ3) is 3.84. The highest BCUT2D eigenvalue weighted by atomic mass is 16.2. The van der Waals surface area contributed by atoms with E-state index >= 15 is 0 Å². The summed E-state index contributed by atoms with van der Waals surface area (Å²) in [5.41, 5.74) is 4.96. The molecule has 4 aliphatic rings. The number of carbonyl (C=O) groups excluding carboxylic acids is 1. The van der Waals surface area contributed by atoms with Crippen LogP contribution in [0, 0.1) is 0 Å². The average molecular weight is 432 g/mol. The lowest BCUT2D eigenvalue weighted by Crippen LogP contribution is -2.54. The Morgan fingerprint density at radius 3 is 2.56 bits per heavy atom. The van der Waals surface area contributed by atoms with Gasteiger partial charge in [0.25, 0.3) is 0 Å².